The first kappa shape index (κ1) is 28.8. The summed E-state index contributed by atoms with van der Waals surface area (Å²) in [4.78, 5) is 13.0. The molecule has 1 aliphatic rings. The lowest BCUT2D eigenvalue weighted by atomic mass is 10.1. The Morgan fingerprint density at radius 1 is 1.03 bits per heavy atom. The van der Waals surface area contributed by atoms with Crippen LogP contribution >= 0.6 is 0 Å². The van der Waals surface area contributed by atoms with Crippen LogP contribution in [-0.2, 0) is 30.8 Å². The third-order valence-corrected chi connectivity index (χ3v) is 8.98. The fourth-order valence-corrected chi connectivity index (χ4v) is 6.44. The Bertz CT molecular complexity index is 1340. The van der Waals surface area contributed by atoms with Crippen LogP contribution in [0.4, 0.5) is 13.2 Å². The van der Waals surface area contributed by atoms with Gasteiger partial charge in [-0.2, -0.15) is 13.2 Å². The molecule has 1 heterocycles. The van der Waals surface area contributed by atoms with Gasteiger partial charge in [0.1, 0.15) is 0 Å². The predicted molar refractivity (Wildman–Crippen MR) is 133 cm³/mol. The third kappa shape index (κ3) is 7.87. The number of sulfonamides is 1. The van der Waals surface area contributed by atoms with Crippen LogP contribution in [0.15, 0.2) is 64.4 Å². The van der Waals surface area contributed by atoms with E-state index in [1.807, 2.05) is 4.90 Å². The lowest BCUT2D eigenvalue weighted by Crippen LogP contribution is -2.47. The quantitative estimate of drug-likeness (QED) is 0.489. The fraction of sp³-hybridized carbons (Fsp3) is 0.375. The average Bonchev–Trinajstić information content (AvgIpc) is 2.84. The van der Waals surface area contributed by atoms with E-state index in [-0.39, 0.29) is 28.3 Å². The molecule has 0 aromatic heterocycles. The van der Waals surface area contributed by atoms with E-state index in [1.165, 1.54) is 31.3 Å². The summed E-state index contributed by atoms with van der Waals surface area (Å²) in [5.74, 6) is -0.721. The number of halogens is 3. The van der Waals surface area contributed by atoms with Gasteiger partial charge < -0.3 is 5.32 Å². The molecule has 0 aliphatic carbocycles. The molecule has 1 amide bonds. The highest BCUT2D eigenvalue weighted by Crippen LogP contribution is 2.35. The van der Waals surface area contributed by atoms with Gasteiger partial charge in [-0.25, -0.2) is 21.6 Å². The number of hydrogen-bond donors (Lipinski definition) is 2. The highest BCUT2D eigenvalue weighted by atomic mass is 32.2. The van der Waals surface area contributed by atoms with Gasteiger partial charge in [-0.1, -0.05) is 30.4 Å². The lowest BCUT2D eigenvalue weighted by Gasteiger charge is -2.31. The van der Waals surface area contributed by atoms with Crippen molar-refractivity contribution in [1.29, 1.82) is 0 Å². The number of hydrogen-bond acceptors (Lipinski definition) is 6. The average molecular weight is 560 g/mol. The van der Waals surface area contributed by atoms with Crippen molar-refractivity contribution in [2.45, 2.75) is 34.9 Å². The minimum atomic E-state index is -4.77. The molecule has 0 atom stereocenters. The van der Waals surface area contributed by atoms with Crippen LogP contribution in [0.1, 0.15) is 24.0 Å². The molecule has 37 heavy (non-hydrogen) atoms. The van der Waals surface area contributed by atoms with Gasteiger partial charge >= 0.3 is 6.18 Å². The van der Waals surface area contributed by atoms with Gasteiger partial charge in [0.15, 0.2) is 0 Å². The highest BCUT2D eigenvalue weighted by Gasteiger charge is 2.34. The summed E-state index contributed by atoms with van der Waals surface area (Å²) in [6.45, 7) is 1.27. The summed E-state index contributed by atoms with van der Waals surface area (Å²) in [6.07, 6.45) is -1.77. The molecule has 0 spiro atoms. The summed E-state index contributed by atoms with van der Waals surface area (Å²) >= 11 is 0. The van der Waals surface area contributed by atoms with Crippen LogP contribution in [0.5, 0.6) is 0 Å². The number of benzene rings is 2. The number of piperidine rings is 1. The molecule has 0 radical (unpaired) electrons. The predicted octanol–water partition coefficient (Wildman–Crippen LogP) is 2.68. The van der Waals surface area contributed by atoms with Crippen molar-refractivity contribution < 1.29 is 34.8 Å². The number of amides is 1. The smallest absolute Gasteiger partial charge is 0.358 e. The van der Waals surface area contributed by atoms with E-state index in [0.29, 0.717) is 32.0 Å². The summed E-state index contributed by atoms with van der Waals surface area (Å²) in [5, 5.41) is 2.53. The molecule has 0 unspecified atom stereocenters. The maximum Gasteiger partial charge on any atom is 0.416 e. The van der Waals surface area contributed by atoms with Crippen molar-refractivity contribution in [3.8, 4) is 0 Å². The third-order valence-electron chi connectivity index (χ3n) is 5.89. The number of likely N-dealkylation sites (tertiary alicyclic amines) is 1. The number of sulfone groups is 1. The Morgan fingerprint density at radius 3 is 2.27 bits per heavy atom. The van der Waals surface area contributed by atoms with Crippen LogP contribution in [0, 0.1) is 0 Å². The molecule has 1 aliphatic heterocycles. The Kier molecular flexibility index (Phi) is 9.16. The van der Waals surface area contributed by atoms with Gasteiger partial charge in [0.25, 0.3) is 0 Å². The number of carbonyl (C=O) groups excluding carboxylic acids is 1. The van der Waals surface area contributed by atoms with Crippen molar-refractivity contribution in [3.05, 3.63) is 65.7 Å². The zero-order valence-corrected chi connectivity index (χ0v) is 21.7. The van der Waals surface area contributed by atoms with Gasteiger partial charge in [-0.3, -0.25) is 9.69 Å². The van der Waals surface area contributed by atoms with Crippen molar-refractivity contribution in [1.82, 2.24) is 14.9 Å². The molecule has 202 valence electrons. The maximum absolute atomic E-state index is 13.6. The summed E-state index contributed by atoms with van der Waals surface area (Å²) in [7, 11) is -6.40. The lowest BCUT2D eigenvalue weighted by molar-refractivity contribution is -0.137. The SMILES string of the molecule is CNC(=O)CN1CCC(NS(=O)(=O)CC=Cc2cc(S(=O)(=O)c3ccccc3)ccc2C(F)(F)F)CC1. The topological polar surface area (TPSA) is 113 Å². The molecule has 8 nitrogen and oxygen atoms in total. The number of rotatable bonds is 9. The minimum absolute atomic E-state index is 0.0714. The van der Waals surface area contributed by atoms with E-state index < -0.39 is 42.9 Å². The second-order valence-corrected chi connectivity index (χ2v) is 12.3. The molecule has 2 aromatic rings. The van der Waals surface area contributed by atoms with Gasteiger partial charge in [0.2, 0.25) is 25.8 Å². The second-order valence-electron chi connectivity index (χ2n) is 8.59. The van der Waals surface area contributed by atoms with Crippen LogP contribution in [-0.4, -0.2) is 66.1 Å². The zero-order chi connectivity index (χ0) is 27.3. The molecule has 1 saturated heterocycles. The Hall–Kier alpha value is -2.74. The van der Waals surface area contributed by atoms with E-state index in [2.05, 4.69) is 10.0 Å². The molecule has 1 fully saturated rings. The standard InChI is InChI=1S/C24H28F3N3O5S2/c1-28-23(31)17-30-13-11-19(12-14-30)29-36(32,33)15-5-6-18-16-21(9-10-22(18)24(25,26)27)37(34,35)20-7-3-2-4-8-20/h2-10,16,19,29H,11-15,17H2,1H3,(H,28,31). The molecule has 2 N–H and O–H groups in total. The van der Waals surface area contributed by atoms with E-state index in [1.54, 1.807) is 6.07 Å². The molecule has 0 bridgehead atoms. The highest BCUT2D eigenvalue weighted by molar-refractivity contribution is 7.91. The number of nitrogens with one attached hydrogen (secondary N) is 2. The van der Waals surface area contributed by atoms with Crippen LogP contribution in [0.3, 0.4) is 0 Å². The van der Waals surface area contributed by atoms with Crippen molar-refractivity contribution in [3.63, 3.8) is 0 Å². The fourth-order valence-electron chi connectivity index (χ4n) is 3.93. The number of carbonyl (C=O) groups is 1. The van der Waals surface area contributed by atoms with E-state index >= 15 is 0 Å². The zero-order valence-electron chi connectivity index (χ0n) is 20.0. The van der Waals surface area contributed by atoms with Crippen LogP contribution < -0.4 is 10.0 Å². The minimum Gasteiger partial charge on any atom is -0.358 e. The Balaban J connectivity index is 1.73. The van der Waals surface area contributed by atoms with E-state index in [9.17, 15) is 34.8 Å². The largest absolute Gasteiger partial charge is 0.416 e. The van der Waals surface area contributed by atoms with Crippen LogP contribution in [0.2, 0.25) is 0 Å². The van der Waals surface area contributed by atoms with E-state index in [0.717, 1.165) is 24.3 Å². The van der Waals surface area contributed by atoms with Crippen molar-refractivity contribution in [2.24, 2.45) is 0 Å². The van der Waals surface area contributed by atoms with Gasteiger partial charge in [0, 0.05) is 26.2 Å². The Morgan fingerprint density at radius 2 is 1.68 bits per heavy atom. The van der Waals surface area contributed by atoms with Gasteiger partial charge in [0.05, 0.1) is 27.7 Å². The number of likely N-dealkylation sites (N-methyl/N-ethyl adjacent to an activating group) is 1. The molecule has 0 saturated carbocycles. The normalized spacial score (nSPS) is 16.2. The van der Waals surface area contributed by atoms with Crippen molar-refractivity contribution >= 4 is 31.8 Å². The number of nitrogens with zero attached hydrogens (tertiary/aromatic N) is 1. The van der Waals surface area contributed by atoms with Gasteiger partial charge in [-0.05, 0) is 48.7 Å². The summed E-state index contributed by atoms with van der Waals surface area (Å²) in [6, 6.07) is 9.39. The molecular formula is C24H28F3N3O5S2. The monoisotopic (exact) mass is 559 g/mol. The molecule has 3 rings (SSSR count). The van der Waals surface area contributed by atoms with Crippen LogP contribution in [0.25, 0.3) is 6.08 Å². The first-order chi connectivity index (χ1) is 17.3. The van der Waals surface area contributed by atoms with E-state index in [4.69, 9.17) is 0 Å². The molecule has 13 heteroatoms. The summed E-state index contributed by atoms with van der Waals surface area (Å²) in [5.41, 5.74) is -1.54. The van der Waals surface area contributed by atoms with Crippen molar-refractivity contribution in [2.75, 3.05) is 32.4 Å². The van der Waals surface area contributed by atoms with Gasteiger partial charge in [-0.15, -0.1) is 0 Å². The number of alkyl halides is 3. The second kappa shape index (κ2) is 11.8. The Labute approximate surface area is 214 Å². The first-order valence-corrected chi connectivity index (χ1v) is 14.6. The summed E-state index contributed by atoms with van der Waals surface area (Å²) < 4.78 is 94.0. The molecule has 2 aromatic carbocycles. The first-order valence-electron chi connectivity index (χ1n) is 11.4. The molecular weight excluding hydrogens is 531 g/mol. The maximum atomic E-state index is 13.6.